The molecule has 1 fully saturated rings. The SMILES string of the molecule is CCc1ccc(C2C(C)C(=O)N2S(=O)(=O)Cl)cc1. The van der Waals surface area contributed by atoms with E-state index in [1.807, 2.05) is 31.2 Å². The van der Waals surface area contributed by atoms with Crippen molar-refractivity contribution in [3.05, 3.63) is 35.4 Å². The Morgan fingerprint density at radius 1 is 1.28 bits per heavy atom. The number of amides is 1. The van der Waals surface area contributed by atoms with Gasteiger partial charge >= 0.3 is 9.24 Å². The Bertz CT molecular complexity index is 567. The highest BCUT2D eigenvalue weighted by atomic mass is 35.7. The fourth-order valence-corrected chi connectivity index (χ4v) is 3.63. The second-order valence-corrected chi connectivity index (χ2v) is 6.79. The molecule has 2 unspecified atom stereocenters. The Hall–Kier alpha value is -1.07. The summed E-state index contributed by atoms with van der Waals surface area (Å²) in [5.74, 6) is -0.805. The van der Waals surface area contributed by atoms with Crippen molar-refractivity contribution in [1.82, 2.24) is 4.31 Å². The molecule has 1 heterocycles. The summed E-state index contributed by atoms with van der Waals surface area (Å²) in [5.41, 5.74) is 1.96. The quantitative estimate of drug-likeness (QED) is 0.633. The molecule has 1 amide bonds. The molecule has 1 saturated heterocycles. The van der Waals surface area contributed by atoms with Gasteiger partial charge in [-0.15, -0.1) is 0 Å². The first-order valence-electron chi connectivity index (χ1n) is 5.73. The van der Waals surface area contributed by atoms with E-state index in [2.05, 4.69) is 0 Å². The predicted octanol–water partition coefficient (Wildman–Crippen LogP) is 2.25. The van der Waals surface area contributed by atoms with Crippen molar-refractivity contribution < 1.29 is 13.2 Å². The van der Waals surface area contributed by atoms with Crippen LogP contribution in [0.5, 0.6) is 0 Å². The molecular formula is C12H14ClNO3S. The molecule has 0 aliphatic carbocycles. The number of benzene rings is 1. The Balaban J connectivity index is 2.34. The van der Waals surface area contributed by atoms with Crippen LogP contribution in [0.4, 0.5) is 0 Å². The van der Waals surface area contributed by atoms with Gasteiger partial charge in [-0.2, -0.15) is 8.42 Å². The molecule has 1 aromatic carbocycles. The van der Waals surface area contributed by atoms with Gasteiger partial charge in [0.25, 0.3) is 0 Å². The number of aryl methyl sites for hydroxylation is 1. The average molecular weight is 288 g/mol. The number of nitrogens with zero attached hydrogens (tertiary/aromatic N) is 1. The minimum absolute atomic E-state index is 0.356. The van der Waals surface area contributed by atoms with Crippen LogP contribution in [0.15, 0.2) is 24.3 Å². The van der Waals surface area contributed by atoms with Crippen LogP contribution in [-0.4, -0.2) is 18.6 Å². The van der Waals surface area contributed by atoms with Gasteiger partial charge in [-0.25, -0.2) is 4.31 Å². The molecule has 0 aromatic heterocycles. The van der Waals surface area contributed by atoms with Crippen molar-refractivity contribution >= 4 is 25.8 Å². The first-order valence-corrected chi connectivity index (χ1v) is 7.99. The summed E-state index contributed by atoms with van der Waals surface area (Å²) in [6, 6.07) is 7.09. The molecule has 6 heteroatoms. The maximum absolute atomic E-state index is 11.6. The van der Waals surface area contributed by atoms with Gasteiger partial charge in [0, 0.05) is 10.7 Å². The normalized spacial score (nSPS) is 23.9. The van der Waals surface area contributed by atoms with Gasteiger partial charge in [0.15, 0.2) is 0 Å². The monoisotopic (exact) mass is 287 g/mol. The number of rotatable bonds is 3. The lowest BCUT2D eigenvalue weighted by molar-refractivity contribution is -0.145. The Kier molecular flexibility index (Phi) is 3.38. The number of hydrogen-bond donors (Lipinski definition) is 0. The van der Waals surface area contributed by atoms with Crippen LogP contribution in [-0.2, 0) is 20.5 Å². The molecule has 0 bridgehead atoms. The number of carbonyl (C=O) groups excluding carboxylic acids is 1. The second kappa shape index (κ2) is 4.55. The van der Waals surface area contributed by atoms with Crippen LogP contribution in [0.25, 0.3) is 0 Å². The van der Waals surface area contributed by atoms with Gasteiger partial charge in [0.2, 0.25) is 5.91 Å². The fraction of sp³-hybridized carbons (Fsp3) is 0.417. The van der Waals surface area contributed by atoms with E-state index < -0.39 is 21.2 Å². The van der Waals surface area contributed by atoms with Crippen molar-refractivity contribution in [2.45, 2.75) is 26.3 Å². The van der Waals surface area contributed by atoms with Crippen LogP contribution in [0.1, 0.15) is 31.0 Å². The minimum Gasteiger partial charge on any atom is -0.273 e. The summed E-state index contributed by atoms with van der Waals surface area (Å²) in [7, 11) is 1.27. The van der Waals surface area contributed by atoms with Crippen LogP contribution in [0.3, 0.4) is 0 Å². The van der Waals surface area contributed by atoms with E-state index in [0.29, 0.717) is 0 Å². The van der Waals surface area contributed by atoms with E-state index in [4.69, 9.17) is 10.7 Å². The molecule has 98 valence electrons. The third kappa shape index (κ3) is 2.12. The van der Waals surface area contributed by atoms with Crippen molar-refractivity contribution in [3.63, 3.8) is 0 Å². The topological polar surface area (TPSA) is 54.5 Å². The summed E-state index contributed by atoms with van der Waals surface area (Å²) in [6.07, 6.45) is 0.914. The molecule has 0 radical (unpaired) electrons. The molecule has 1 aliphatic rings. The number of β-lactam (4-membered cyclic amide) rings is 1. The third-order valence-electron chi connectivity index (χ3n) is 3.30. The van der Waals surface area contributed by atoms with Gasteiger partial charge < -0.3 is 0 Å². The fourth-order valence-electron chi connectivity index (χ4n) is 2.21. The summed E-state index contributed by atoms with van der Waals surface area (Å²) in [5, 5.41) is 0. The maximum atomic E-state index is 11.6. The lowest BCUT2D eigenvalue weighted by atomic mass is 9.86. The van der Waals surface area contributed by atoms with E-state index in [-0.39, 0.29) is 5.92 Å². The highest BCUT2D eigenvalue weighted by Crippen LogP contribution is 2.42. The molecule has 1 aliphatic heterocycles. The van der Waals surface area contributed by atoms with Gasteiger partial charge in [-0.1, -0.05) is 38.1 Å². The Labute approximate surface area is 111 Å². The zero-order chi connectivity index (χ0) is 13.5. The Morgan fingerprint density at radius 3 is 2.28 bits per heavy atom. The molecule has 18 heavy (non-hydrogen) atoms. The zero-order valence-corrected chi connectivity index (χ0v) is 11.7. The highest BCUT2D eigenvalue weighted by Gasteiger charge is 2.50. The summed E-state index contributed by atoms with van der Waals surface area (Å²) in [6.45, 7) is 3.75. The first kappa shape index (κ1) is 13.4. The Morgan fingerprint density at radius 2 is 1.83 bits per heavy atom. The van der Waals surface area contributed by atoms with Crippen molar-refractivity contribution in [2.24, 2.45) is 5.92 Å². The van der Waals surface area contributed by atoms with E-state index in [1.165, 1.54) is 0 Å². The molecule has 0 saturated carbocycles. The lowest BCUT2D eigenvalue weighted by Gasteiger charge is -2.43. The molecule has 0 N–H and O–H groups in total. The highest BCUT2D eigenvalue weighted by molar-refractivity contribution is 8.12. The van der Waals surface area contributed by atoms with Crippen LogP contribution in [0.2, 0.25) is 0 Å². The molecular weight excluding hydrogens is 274 g/mol. The van der Waals surface area contributed by atoms with E-state index in [9.17, 15) is 13.2 Å². The van der Waals surface area contributed by atoms with E-state index in [1.54, 1.807) is 6.92 Å². The van der Waals surface area contributed by atoms with Crippen molar-refractivity contribution in [2.75, 3.05) is 0 Å². The summed E-state index contributed by atoms with van der Waals surface area (Å²) >= 11 is 0. The number of carbonyl (C=O) groups is 1. The molecule has 0 spiro atoms. The van der Waals surface area contributed by atoms with Crippen LogP contribution in [0, 0.1) is 5.92 Å². The lowest BCUT2D eigenvalue weighted by Crippen LogP contribution is -2.54. The molecule has 4 nitrogen and oxygen atoms in total. The first-order chi connectivity index (χ1) is 8.36. The van der Waals surface area contributed by atoms with Crippen LogP contribution >= 0.6 is 10.7 Å². The maximum Gasteiger partial charge on any atom is 0.324 e. The predicted molar refractivity (Wildman–Crippen MR) is 69.3 cm³/mol. The summed E-state index contributed by atoms with van der Waals surface area (Å²) < 4.78 is 23.4. The third-order valence-corrected chi connectivity index (χ3v) is 4.62. The zero-order valence-electron chi connectivity index (χ0n) is 10.1. The second-order valence-electron chi connectivity index (χ2n) is 4.40. The smallest absolute Gasteiger partial charge is 0.273 e. The number of halogens is 1. The van der Waals surface area contributed by atoms with Crippen LogP contribution < -0.4 is 0 Å². The van der Waals surface area contributed by atoms with Gasteiger partial charge in [-0.05, 0) is 17.5 Å². The van der Waals surface area contributed by atoms with E-state index in [0.717, 1.165) is 21.9 Å². The standard InChI is InChI=1S/C12H14ClNO3S/c1-3-9-4-6-10(7-5-9)11-8(2)12(15)14(11)18(13,16)17/h4-8,11H,3H2,1-2H3. The van der Waals surface area contributed by atoms with E-state index >= 15 is 0 Å². The molecule has 1 aromatic rings. The van der Waals surface area contributed by atoms with Gasteiger partial charge in [0.1, 0.15) is 0 Å². The van der Waals surface area contributed by atoms with Crippen molar-refractivity contribution in [3.8, 4) is 0 Å². The molecule has 2 rings (SSSR count). The van der Waals surface area contributed by atoms with Gasteiger partial charge in [0.05, 0.1) is 12.0 Å². The summed E-state index contributed by atoms with van der Waals surface area (Å²) in [4.78, 5) is 11.6. The minimum atomic E-state index is -4.01. The molecule has 2 atom stereocenters. The van der Waals surface area contributed by atoms with Gasteiger partial charge in [-0.3, -0.25) is 4.79 Å². The average Bonchev–Trinajstić information content (AvgIpc) is 2.33. The van der Waals surface area contributed by atoms with Crippen molar-refractivity contribution in [1.29, 1.82) is 0 Å². The number of hydrogen-bond acceptors (Lipinski definition) is 3. The largest absolute Gasteiger partial charge is 0.324 e.